The van der Waals surface area contributed by atoms with Crippen LogP contribution in [0.2, 0.25) is 0 Å². The Morgan fingerprint density at radius 2 is 1.86 bits per heavy atom. The molecule has 0 aliphatic carbocycles. The Kier molecular flexibility index (Phi) is 10.7. The van der Waals surface area contributed by atoms with Gasteiger partial charge in [0.2, 0.25) is 0 Å². The van der Waals surface area contributed by atoms with Crippen molar-refractivity contribution in [2.75, 3.05) is 46.6 Å². The van der Waals surface area contributed by atoms with Crippen LogP contribution in [0.4, 0.5) is 0 Å². The first-order valence-electron chi connectivity index (χ1n) is 8.28. The van der Waals surface area contributed by atoms with Crippen molar-refractivity contribution in [1.29, 1.82) is 0 Å². The SMILES string of the molecule is CCC(C)c1ccccc1OCCOCCNCCCOC. The second-order valence-electron chi connectivity index (χ2n) is 5.40. The van der Waals surface area contributed by atoms with Crippen molar-refractivity contribution in [1.82, 2.24) is 5.32 Å². The zero-order chi connectivity index (χ0) is 16.0. The van der Waals surface area contributed by atoms with E-state index in [2.05, 4.69) is 31.3 Å². The maximum Gasteiger partial charge on any atom is 0.122 e. The predicted octanol–water partition coefficient (Wildman–Crippen LogP) is 3.22. The molecule has 1 aromatic rings. The predicted molar refractivity (Wildman–Crippen MR) is 90.8 cm³/mol. The average molecular weight is 309 g/mol. The zero-order valence-electron chi connectivity index (χ0n) is 14.3. The second-order valence-corrected chi connectivity index (χ2v) is 5.40. The zero-order valence-corrected chi connectivity index (χ0v) is 14.3. The molecule has 4 heteroatoms. The third kappa shape index (κ3) is 7.78. The molecule has 0 spiro atoms. The van der Waals surface area contributed by atoms with Gasteiger partial charge in [-0.25, -0.2) is 0 Å². The minimum Gasteiger partial charge on any atom is -0.491 e. The Balaban J connectivity index is 2.10. The van der Waals surface area contributed by atoms with Crippen molar-refractivity contribution < 1.29 is 14.2 Å². The molecule has 0 saturated heterocycles. The van der Waals surface area contributed by atoms with Crippen LogP contribution in [0.25, 0.3) is 0 Å². The fraction of sp³-hybridized carbons (Fsp3) is 0.667. The van der Waals surface area contributed by atoms with Gasteiger partial charge in [-0.1, -0.05) is 32.0 Å². The summed E-state index contributed by atoms with van der Waals surface area (Å²) in [4.78, 5) is 0. The van der Waals surface area contributed by atoms with Crippen LogP contribution in [0.15, 0.2) is 24.3 Å². The smallest absolute Gasteiger partial charge is 0.122 e. The lowest BCUT2D eigenvalue weighted by molar-refractivity contribution is 0.101. The maximum absolute atomic E-state index is 5.86. The van der Waals surface area contributed by atoms with Gasteiger partial charge in [-0.15, -0.1) is 0 Å². The van der Waals surface area contributed by atoms with Crippen LogP contribution in [0, 0.1) is 0 Å². The van der Waals surface area contributed by atoms with Crippen LogP contribution in [0.1, 0.15) is 38.2 Å². The van der Waals surface area contributed by atoms with E-state index in [0.29, 0.717) is 25.7 Å². The third-order valence-corrected chi connectivity index (χ3v) is 3.67. The van der Waals surface area contributed by atoms with Gasteiger partial charge in [0.15, 0.2) is 0 Å². The number of para-hydroxylation sites is 1. The first kappa shape index (κ1) is 18.9. The van der Waals surface area contributed by atoms with E-state index in [-0.39, 0.29) is 0 Å². The number of methoxy groups -OCH3 is 1. The van der Waals surface area contributed by atoms with Crippen molar-refractivity contribution in [3.05, 3.63) is 29.8 Å². The van der Waals surface area contributed by atoms with E-state index in [1.165, 1.54) is 5.56 Å². The van der Waals surface area contributed by atoms with Crippen molar-refractivity contribution in [2.24, 2.45) is 0 Å². The van der Waals surface area contributed by atoms with E-state index in [9.17, 15) is 0 Å². The molecule has 0 aromatic heterocycles. The van der Waals surface area contributed by atoms with Crippen LogP contribution in [-0.2, 0) is 9.47 Å². The largest absolute Gasteiger partial charge is 0.491 e. The Morgan fingerprint density at radius 3 is 2.64 bits per heavy atom. The topological polar surface area (TPSA) is 39.7 Å². The van der Waals surface area contributed by atoms with E-state index in [4.69, 9.17) is 14.2 Å². The Hall–Kier alpha value is -1.10. The molecule has 0 saturated carbocycles. The fourth-order valence-electron chi connectivity index (χ4n) is 2.16. The van der Waals surface area contributed by atoms with E-state index >= 15 is 0 Å². The summed E-state index contributed by atoms with van der Waals surface area (Å²) in [7, 11) is 1.72. The summed E-state index contributed by atoms with van der Waals surface area (Å²) >= 11 is 0. The number of rotatable bonds is 13. The highest BCUT2D eigenvalue weighted by Gasteiger charge is 2.08. The molecule has 1 atom stereocenters. The highest BCUT2D eigenvalue weighted by atomic mass is 16.5. The Bertz CT molecular complexity index is 384. The van der Waals surface area contributed by atoms with Crippen LogP contribution >= 0.6 is 0 Å². The Labute approximate surface area is 135 Å². The fourth-order valence-corrected chi connectivity index (χ4v) is 2.16. The minimum atomic E-state index is 0.522. The maximum atomic E-state index is 5.86. The van der Waals surface area contributed by atoms with Crippen molar-refractivity contribution >= 4 is 0 Å². The highest BCUT2D eigenvalue weighted by Crippen LogP contribution is 2.28. The number of hydrogen-bond acceptors (Lipinski definition) is 4. The van der Waals surface area contributed by atoms with Crippen LogP contribution < -0.4 is 10.1 Å². The number of ether oxygens (including phenoxy) is 3. The van der Waals surface area contributed by atoms with E-state index in [1.54, 1.807) is 7.11 Å². The molecule has 4 nitrogen and oxygen atoms in total. The number of benzene rings is 1. The summed E-state index contributed by atoms with van der Waals surface area (Å²) in [5.74, 6) is 1.51. The van der Waals surface area contributed by atoms with Gasteiger partial charge in [-0.05, 0) is 36.9 Å². The molecule has 0 heterocycles. The summed E-state index contributed by atoms with van der Waals surface area (Å²) in [5, 5.41) is 3.31. The number of nitrogens with one attached hydrogen (secondary N) is 1. The van der Waals surface area contributed by atoms with Crippen molar-refractivity contribution in [2.45, 2.75) is 32.6 Å². The Morgan fingerprint density at radius 1 is 1.05 bits per heavy atom. The van der Waals surface area contributed by atoms with Gasteiger partial charge in [0.25, 0.3) is 0 Å². The summed E-state index contributed by atoms with van der Waals surface area (Å²) in [5.41, 5.74) is 1.28. The second kappa shape index (κ2) is 12.4. The van der Waals surface area contributed by atoms with Crippen molar-refractivity contribution in [3.63, 3.8) is 0 Å². The van der Waals surface area contributed by atoms with Gasteiger partial charge in [-0.2, -0.15) is 0 Å². The molecule has 0 aliphatic rings. The molecule has 0 fully saturated rings. The molecule has 0 amide bonds. The molecule has 1 rings (SSSR count). The van der Waals surface area contributed by atoms with Gasteiger partial charge in [0.05, 0.1) is 13.2 Å². The molecule has 1 unspecified atom stereocenters. The standard InChI is InChI=1S/C18H31NO3/c1-4-16(2)17-8-5-6-9-18(17)22-15-14-21-13-11-19-10-7-12-20-3/h5-6,8-9,16,19H,4,7,10-15H2,1-3H3. The molecule has 0 aliphatic heterocycles. The molecular weight excluding hydrogens is 278 g/mol. The van der Waals surface area contributed by atoms with Crippen LogP contribution in [-0.4, -0.2) is 46.6 Å². The first-order chi connectivity index (χ1) is 10.8. The molecule has 0 radical (unpaired) electrons. The molecule has 1 aromatic carbocycles. The highest BCUT2D eigenvalue weighted by molar-refractivity contribution is 5.35. The van der Waals surface area contributed by atoms with E-state index in [1.807, 2.05) is 12.1 Å². The van der Waals surface area contributed by atoms with Crippen LogP contribution in [0.3, 0.4) is 0 Å². The average Bonchev–Trinajstić information content (AvgIpc) is 2.56. The lowest BCUT2D eigenvalue weighted by Crippen LogP contribution is -2.22. The van der Waals surface area contributed by atoms with Gasteiger partial charge in [0.1, 0.15) is 12.4 Å². The first-order valence-corrected chi connectivity index (χ1v) is 8.28. The molecule has 126 valence electrons. The quantitative estimate of drug-likeness (QED) is 0.568. The normalized spacial score (nSPS) is 12.3. The minimum absolute atomic E-state index is 0.522. The molecule has 0 bridgehead atoms. The summed E-state index contributed by atoms with van der Waals surface area (Å²) < 4.78 is 16.4. The van der Waals surface area contributed by atoms with E-state index in [0.717, 1.165) is 38.3 Å². The molecule has 1 N–H and O–H groups in total. The van der Waals surface area contributed by atoms with Crippen LogP contribution in [0.5, 0.6) is 5.75 Å². The molecule has 22 heavy (non-hydrogen) atoms. The summed E-state index contributed by atoms with van der Waals surface area (Å²) in [6.07, 6.45) is 2.15. The summed E-state index contributed by atoms with van der Waals surface area (Å²) in [6.45, 7) is 8.99. The van der Waals surface area contributed by atoms with E-state index < -0.39 is 0 Å². The van der Waals surface area contributed by atoms with Gasteiger partial charge in [0, 0.05) is 20.3 Å². The lowest BCUT2D eigenvalue weighted by atomic mass is 9.98. The van der Waals surface area contributed by atoms with Crippen molar-refractivity contribution in [3.8, 4) is 5.75 Å². The number of hydrogen-bond donors (Lipinski definition) is 1. The lowest BCUT2D eigenvalue weighted by Gasteiger charge is -2.15. The van der Waals surface area contributed by atoms with Gasteiger partial charge in [-0.3, -0.25) is 0 Å². The van der Waals surface area contributed by atoms with Gasteiger partial charge >= 0.3 is 0 Å². The molecular formula is C18H31NO3. The monoisotopic (exact) mass is 309 g/mol. The van der Waals surface area contributed by atoms with Gasteiger partial charge < -0.3 is 19.5 Å². The third-order valence-electron chi connectivity index (χ3n) is 3.67. The summed E-state index contributed by atoms with van der Waals surface area (Å²) in [6, 6.07) is 8.28.